The molecule has 0 spiro atoms. The molecule has 1 aliphatic heterocycles. The molecule has 7 nitrogen and oxygen atoms in total. The quantitative estimate of drug-likeness (QED) is 0.429. The van der Waals surface area contributed by atoms with Crippen molar-refractivity contribution in [3.63, 3.8) is 0 Å². The third kappa shape index (κ3) is 5.40. The Hall–Kier alpha value is -3.06. The van der Waals surface area contributed by atoms with Crippen molar-refractivity contribution in [1.29, 1.82) is 0 Å². The maximum absolute atomic E-state index is 12.6. The monoisotopic (exact) mass is 458 g/mol. The number of benzene rings is 2. The van der Waals surface area contributed by atoms with Crippen molar-refractivity contribution >= 4 is 35.6 Å². The summed E-state index contributed by atoms with van der Waals surface area (Å²) < 4.78 is 4.93. The average molecular weight is 459 g/mol. The predicted octanol–water partition coefficient (Wildman–Crippen LogP) is 4.04. The molecule has 0 bridgehead atoms. The van der Waals surface area contributed by atoms with Crippen LogP contribution in [0.1, 0.15) is 43.7 Å². The number of esters is 1. The largest absolute Gasteiger partial charge is 0.505 e. The zero-order valence-corrected chi connectivity index (χ0v) is 18.8. The average Bonchev–Trinajstić information content (AvgIpc) is 3.13. The maximum Gasteiger partial charge on any atom is 0.305 e. The number of hydrogen-bond donors (Lipinski definition) is 1. The zero-order chi connectivity index (χ0) is 23.1. The maximum atomic E-state index is 12.6. The van der Waals surface area contributed by atoms with E-state index in [2.05, 4.69) is 0 Å². The second-order valence-corrected chi connectivity index (χ2v) is 8.00. The van der Waals surface area contributed by atoms with E-state index in [4.69, 9.17) is 16.3 Å². The summed E-state index contributed by atoms with van der Waals surface area (Å²) in [5.74, 6) is -0.385. The van der Waals surface area contributed by atoms with Crippen LogP contribution >= 0.6 is 11.6 Å². The molecule has 1 aliphatic rings. The van der Waals surface area contributed by atoms with Gasteiger partial charge in [-0.05, 0) is 49.4 Å². The van der Waals surface area contributed by atoms with Gasteiger partial charge in [-0.25, -0.2) is 0 Å². The van der Waals surface area contributed by atoms with Crippen molar-refractivity contribution in [3.05, 3.63) is 58.6 Å². The molecule has 32 heavy (non-hydrogen) atoms. The SMILES string of the molecule is CCOC(=O)CCCc1cccc(N(C=O)C2CCC(=O)N2Cc2ccccc2Cl)c1O. The summed E-state index contributed by atoms with van der Waals surface area (Å²) in [6.45, 7) is 2.36. The molecule has 1 atom stereocenters. The Kier molecular flexibility index (Phi) is 8.11. The summed E-state index contributed by atoms with van der Waals surface area (Å²) in [5, 5.41) is 11.4. The van der Waals surface area contributed by atoms with Gasteiger partial charge in [0.2, 0.25) is 12.3 Å². The number of likely N-dealkylation sites (tertiary alicyclic amines) is 1. The molecule has 1 unspecified atom stereocenters. The van der Waals surface area contributed by atoms with E-state index in [-0.39, 0.29) is 30.6 Å². The number of aryl methyl sites for hydroxylation is 1. The van der Waals surface area contributed by atoms with Crippen molar-refractivity contribution in [1.82, 2.24) is 4.90 Å². The first-order valence-electron chi connectivity index (χ1n) is 10.7. The van der Waals surface area contributed by atoms with Gasteiger partial charge in [0.05, 0.1) is 12.3 Å². The highest BCUT2D eigenvalue weighted by Crippen LogP contribution is 2.36. The molecular formula is C24H27ClN2O5. The number of amides is 2. The molecule has 0 saturated carbocycles. The van der Waals surface area contributed by atoms with Crippen LogP contribution in [-0.4, -0.2) is 41.1 Å². The van der Waals surface area contributed by atoms with E-state index in [1.54, 1.807) is 36.1 Å². The van der Waals surface area contributed by atoms with E-state index in [0.717, 1.165) is 5.56 Å². The number of phenolic OH excluding ortho intramolecular Hbond substituents is 1. The lowest BCUT2D eigenvalue weighted by atomic mass is 10.1. The fourth-order valence-electron chi connectivity index (χ4n) is 3.94. The van der Waals surface area contributed by atoms with Crippen molar-refractivity contribution in [2.24, 2.45) is 0 Å². The fraction of sp³-hybridized carbons (Fsp3) is 0.375. The van der Waals surface area contributed by atoms with Crippen LogP contribution in [0.3, 0.4) is 0 Å². The van der Waals surface area contributed by atoms with Gasteiger partial charge in [-0.3, -0.25) is 19.3 Å². The lowest BCUT2D eigenvalue weighted by molar-refractivity contribution is -0.143. The number of nitrogens with zero attached hydrogens (tertiary/aromatic N) is 2. The molecule has 3 rings (SSSR count). The molecular weight excluding hydrogens is 432 g/mol. The Morgan fingerprint density at radius 1 is 1.25 bits per heavy atom. The first-order chi connectivity index (χ1) is 15.5. The number of halogens is 1. The van der Waals surface area contributed by atoms with Crippen LogP contribution in [0, 0.1) is 0 Å². The summed E-state index contributed by atoms with van der Waals surface area (Å²) >= 11 is 6.27. The minimum atomic E-state index is -0.531. The van der Waals surface area contributed by atoms with E-state index in [1.807, 2.05) is 18.2 Å². The third-order valence-electron chi connectivity index (χ3n) is 5.54. The van der Waals surface area contributed by atoms with Crippen molar-refractivity contribution in [3.8, 4) is 5.75 Å². The minimum absolute atomic E-state index is 0.0273. The van der Waals surface area contributed by atoms with Gasteiger partial charge < -0.3 is 14.7 Å². The van der Waals surface area contributed by atoms with Gasteiger partial charge in [0.15, 0.2) is 0 Å². The Labute approximate surface area is 192 Å². The molecule has 1 saturated heterocycles. The first kappa shape index (κ1) is 23.6. The van der Waals surface area contributed by atoms with Crippen LogP contribution in [0.15, 0.2) is 42.5 Å². The highest BCUT2D eigenvalue weighted by molar-refractivity contribution is 6.31. The fourth-order valence-corrected chi connectivity index (χ4v) is 4.14. The van der Waals surface area contributed by atoms with E-state index in [1.165, 1.54) is 4.90 Å². The topological polar surface area (TPSA) is 87.2 Å². The van der Waals surface area contributed by atoms with Gasteiger partial charge in [0.1, 0.15) is 11.9 Å². The molecule has 8 heteroatoms. The smallest absolute Gasteiger partial charge is 0.305 e. The Bertz CT molecular complexity index is 981. The number of para-hydroxylation sites is 1. The van der Waals surface area contributed by atoms with Crippen molar-refractivity contribution in [2.45, 2.75) is 51.7 Å². The molecule has 2 aromatic carbocycles. The molecule has 0 radical (unpaired) electrons. The molecule has 0 aliphatic carbocycles. The van der Waals surface area contributed by atoms with Gasteiger partial charge in [-0.15, -0.1) is 0 Å². The Balaban J connectivity index is 1.79. The van der Waals surface area contributed by atoms with E-state index in [0.29, 0.717) is 55.0 Å². The number of carbonyl (C=O) groups is 3. The first-order valence-corrected chi connectivity index (χ1v) is 11.1. The molecule has 2 amide bonds. The number of carbonyl (C=O) groups excluding carboxylic acids is 3. The van der Waals surface area contributed by atoms with Gasteiger partial charge in [-0.1, -0.05) is 41.9 Å². The minimum Gasteiger partial charge on any atom is -0.505 e. The van der Waals surface area contributed by atoms with Crippen LogP contribution in [0.25, 0.3) is 0 Å². The van der Waals surface area contributed by atoms with Gasteiger partial charge >= 0.3 is 5.97 Å². The van der Waals surface area contributed by atoms with E-state index in [9.17, 15) is 19.5 Å². The number of ether oxygens (including phenoxy) is 1. The van der Waals surface area contributed by atoms with Crippen molar-refractivity contribution < 1.29 is 24.2 Å². The predicted molar refractivity (Wildman–Crippen MR) is 121 cm³/mol. The number of phenols is 1. The number of rotatable bonds is 10. The van der Waals surface area contributed by atoms with Gasteiger partial charge in [0.25, 0.3) is 0 Å². The Morgan fingerprint density at radius 3 is 2.72 bits per heavy atom. The number of anilines is 1. The van der Waals surface area contributed by atoms with E-state index >= 15 is 0 Å². The highest BCUT2D eigenvalue weighted by atomic mass is 35.5. The molecule has 0 aromatic heterocycles. The standard InChI is InChI=1S/C24H27ClN2O5/c1-2-32-23(30)12-6-9-17-8-5-11-20(24(17)31)27(16-28)21-13-14-22(29)26(21)15-18-7-3-4-10-19(18)25/h3-5,7-8,10-11,16,21,31H,2,6,9,12-15H2,1H3. The summed E-state index contributed by atoms with van der Waals surface area (Å²) in [5.41, 5.74) is 1.75. The normalized spacial score (nSPS) is 15.6. The second-order valence-electron chi connectivity index (χ2n) is 7.59. The van der Waals surface area contributed by atoms with Crippen molar-refractivity contribution in [2.75, 3.05) is 11.5 Å². The van der Waals surface area contributed by atoms with Gasteiger partial charge in [-0.2, -0.15) is 0 Å². The van der Waals surface area contributed by atoms with Crippen LogP contribution in [0.4, 0.5) is 5.69 Å². The van der Waals surface area contributed by atoms with Crippen LogP contribution in [-0.2, 0) is 32.1 Å². The molecule has 1 fully saturated rings. The lowest BCUT2D eigenvalue weighted by Crippen LogP contribution is -2.45. The highest BCUT2D eigenvalue weighted by Gasteiger charge is 2.36. The molecule has 2 aromatic rings. The Morgan fingerprint density at radius 2 is 2.00 bits per heavy atom. The van der Waals surface area contributed by atoms with Crippen LogP contribution in [0.5, 0.6) is 5.75 Å². The van der Waals surface area contributed by atoms with E-state index < -0.39 is 6.17 Å². The van der Waals surface area contributed by atoms with Crippen LogP contribution in [0.2, 0.25) is 5.02 Å². The summed E-state index contributed by atoms with van der Waals surface area (Å²) in [4.78, 5) is 39.3. The molecule has 170 valence electrons. The number of hydrogen-bond acceptors (Lipinski definition) is 5. The van der Waals surface area contributed by atoms with Crippen LogP contribution < -0.4 is 4.90 Å². The van der Waals surface area contributed by atoms with Gasteiger partial charge in [0, 0.05) is 24.4 Å². The number of aromatic hydroxyl groups is 1. The molecule has 1 heterocycles. The molecule has 1 N–H and O–H groups in total. The second kappa shape index (κ2) is 11.0. The zero-order valence-electron chi connectivity index (χ0n) is 18.0. The summed E-state index contributed by atoms with van der Waals surface area (Å²) in [6.07, 6.45) is 2.08. The lowest BCUT2D eigenvalue weighted by Gasteiger charge is -2.33. The summed E-state index contributed by atoms with van der Waals surface area (Å²) in [7, 11) is 0. The third-order valence-corrected chi connectivity index (χ3v) is 5.91. The summed E-state index contributed by atoms with van der Waals surface area (Å²) in [6, 6.07) is 12.4.